The van der Waals surface area contributed by atoms with Gasteiger partial charge in [-0.3, -0.25) is 4.79 Å². The number of rotatable bonds is 6. The first kappa shape index (κ1) is 17.5. The minimum atomic E-state index is -0.350. The molecule has 1 amide bonds. The van der Waals surface area contributed by atoms with Crippen molar-refractivity contribution in [3.05, 3.63) is 59.2 Å². The van der Waals surface area contributed by atoms with E-state index in [1.807, 2.05) is 32.0 Å². The maximum absolute atomic E-state index is 12.1. The van der Waals surface area contributed by atoms with E-state index < -0.39 is 0 Å². The topological polar surface area (TPSA) is 67.4 Å². The monoisotopic (exact) mass is 326 g/mol. The van der Waals surface area contributed by atoms with E-state index in [1.54, 1.807) is 31.2 Å². The lowest BCUT2D eigenvalue weighted by Gasteiger charge is -2.12. The van der Waals surface area contributed by atoms with Crippen LogP contribution in [0.5, 0.6) is 0 Å². The molecule has 0 saturated heterocycles. The van der Waals surface area contributed by atoms with Crippen molar-refractivity contribution in [1.82, 2.24) is 0 Å². The van der Waals surface area contributed by atoms with Crippen LogP contribution in [-0.4, -0.2) is 25.0 Å². The number of anilines is 2. The lowest BCUT2D eigenvalue weighted by atomic mass is 10.1. The normalized spacial score (nSPS) is 10.1. The predicted molar refractivity (Wildman–Crippen MR) is 95.4 cm³/mol. The van der Waals surface area contributed by atoms with E-state index in [4.69, 9.17) is 4.74 Å². The van der Waals surface area contributed by atoms with Crippen LogP contribution in [0.15, 0.2) is 42.5 Å². The molecule has 0 aromatic heterocycles. The number of carbonyl (C=O) groups excluding carboxylic acids is 2. The van der Waals surface area contributed by atoms with Crippen molar-refractivity contribution in [3.8, 4) is 0 Å². The van der Waals surface area contributed by atoms with Crippen LogP contribution in [0.4, 0.5) is 11.4 Å². The van der Waals surface area contributed by atoms with Crippen LogP contribution in [0.25, 0.3) is 0 Å². The predicted octanol–water partition coefficient (Wildman–Crippen LogP) is 3.53. The average molecular weight is 326 g/mol. The fourth-order valence-electron chi connectivity index (χ4n) is 2.32. The Morgan fingerprint density at radius 2 is 1.62 bits per heavy atom. The second-order valence-corrected chi connectivity index (χ2v) is 5.47. The molecule has 5 nitrogen and oxygen atoms in total. The smallest absolute Gasteiger partial charge is 0.338 e. The van der Waals surface area contributed by atoms with Gasteiger partial charge in [0.15, 0.2) is 0 Å². The van der Waals surface area contributed by atoms with E-state index in [1.165, 1.54) is 0 Å². The zero-order chi connectivity index (χ0) is 17.5. The molecule has 2 N–H and O–H groups in total. The van der Waals surface area contributed by atoms with Crippen LogP contribution in [0, 0.1) is 13.8 Å². The van der Waals surface area contributed by atoms with Crippen molar-refractivity contribution in [2.24, 2.45) is 0 Å². The third-order valence-corrected chi connectivity index (χ3v) is 3.59. The fraction of sp³-hybridized carbons (Fsp3) is 0.263. The number of ether oxygens (including phenoxy) is 1. The molecule has 24 heavy (non-hydrogen) atoms. The fourth-order valence-corrected chi connectivity index (χ4v) is 2.32. The van der Waals surface area contributed by atoms with Crippen LogP contribution in [-0.2, 0) is 9.53 Å². The van der Waals surface area contributed by atoms with Gasteiger partial charge in [0.2, 0.25) is 5.91 Å². The van der Waals surface area contributed by atoms with Gasteiger partial charge in [0.25, 0.3) is 0 Å². The van der Waals surface area contributed by atoms with Gasteiger partial charge in [-0.2, -0.15) is 0 Å². The highest BCUT2D eigenvalue weighted by Crippen LogP contribution is 2.19. The van der Waals surface area contributed by atoms with E-state index >= 15 is 0 Å². The molecule has 2 aromatic rings. The number of carbonyl (C=O) groups is 2. The highest BCUT2D eigenvalue weighted by atomic mass is 16.5. The Hall–Kier alpha value is -2.82. The molecule has 5 heteroatoms. The molecule has 0 radical (unpaired) electrons. The summed E-state index contributed by atoms with van der Waals surface area (Å²) in [5.41, 5.74) is 4.16. The van der Waals surface area contributed by atoms with Crippen LogP contribution < -0.4 is 10.6 Å². The number of hydrogen-bond donors (Lipinski definition) is 2. The summed E-state index contributed by atoms with van der Waals surface area (Å²) in [6.45, 7) is 6.18. The molecule has 0 spiro atoms. The molecule has 0 unspecified atom stereocenters. The van der Waals surface area contributed by atoms with Crippen LogP contribution in [0.2, 0.25) is 0 Å². The van der Waals surface area contributed by atoms with Gasteiger partial charge in [-0.15, -0.1) is 0 Å². The van der Waals surface area contributed by atoms with Gasteiger partial charge in [0, 0.05) is 11.4 Å². The number of esters is 1. The average Bonchev–Trinajstić information content (AvgIpc) is 2.57. The zero-order valence-corrected chi connectivity index (χ0v) is 14.2. The number of amides is 1. The molecule has 2 aromatic carbocycles. The lowest BCUT2D eigenvalue weighted by Crippen LogP contribution is -2.22. The minimum Gasteiger partial charge on any atom is -0.462 e. The van der Waals surface area contributed by atoms with E-state index in [-0.39, 0.29) is 18.4 Å². The zero-order valence-electron chi connectivity index (χ0n) is 14.2. The van der Waals surface area contributed by atoms with Crippen molar-refractivity contribution < 1.29 is 14.3 Å². The Morgan fingerprint density at radius 1 is 1.00 bits per heavy atom. The van der Waals surface area contributed by atoms with Crippen molar-refractivity contribution in [2.75, 3.05) is 23.8 Å². The standard InChI is InChI=1S/C19H22N2O3/c1-4-24-19(23)15-8-10-16(11-9-15)20-12-17(22)21-18-13(2)6-5-7-14(18)3/h5-11,20H,4,12H2,1-3H3,(H,21,22). The molecule has 0 bridgehead atoms. The quantitative estimate of drug-likeness (QED) is 0.797. The Bertz CT molecular complexity index is 704. The van der Waals surface area contributed by atoms with Crippen LogP contribution >= 0.6 is 0 Å². The molecule has 0 fully saturated rings. The summed E-state index contributed by atoms with van der Waals surface area (Å²) >= 11 is 0. The minimum absolute atomic E-state index is 0.123. The van der Waals surface area contributed by atoms with Crippen molar-refractivity contribution >= 4 is 23.3 Å². The molecular weight excluding hydrogens is 304 g/mol. The third-order valence-electron chi connectivity index (χ3n) is 3.59. The van der Waals surface area contributed by atoms with Crippen LogP contribution in [0.1, 0.15) is 28.4 Å². The molecule has 0 aliphatic rings. The second-order valence-electron chi connectivity index (χ2n) is 5.47. The largest absolute Gasteiger partial charge is 0.462 e. The second kappa shape index (κ2) is 8.15. The Kier molecular flexibility index (Phi) is 5.95. The molecule has 0 heterocycles. The summed E-state index contributed by atoms with van der Waals surface area (Å²) in [6.07, 6.45) is 0. The first-order chi connectivity index (χ1) is 11.5. The van der Waals surface area contributed by atoms with Crippen molar-refractivity contribution in [1.29, 1.82) is 0 Å². The van der Waals surface area contributed by atoms with Gasteiger partial charge >= 0.3 is 5.97 Å². The van der Waals surface area contributed by atoms with Gasteiger partial charge in [-0.05, 0) is 56.2 Å². The molecule has 0 aliphatic carbocycles. The number of aryl methyl sites for hydroxylation is 2. The van der Waals surface area contributed by atoms with Gasteiger partial charge < -0.3 is 15.4 Å². The summed E-state index contributed by atoms with van der Waals surface area (Å²) in [6, 6.07) is 12.7. The van der Waals surface area contributed by atoms with E-state index in [0.717, 1.165) is 22.5 Å². The van der Waals surface area contributed by atoms with E-state index in [2.05, 4.69) is 10.6 Å². The van der Waals surface area contributed by atoms with Gasteiger partial charge in [-0.1, -0.05) is 18.2 Å². The summed E-state index contributed by atoms with van der Waals surface area (Å²) in [5.74, 6) is -0.473. The molecule has 126 valence electrons. The lowest BCUT2D eigenvalue weighted by molar-refractivity contribution is -0.114. The van der Waals surface area contributed by atoms with E-state index in [0.29, 0.717) is 12.2 Å². The van der Waals surface area contributed by atoms with E-state index in [9.17, 15) is 9.59 Å². The van der Waals surface area contributed by atoms with Crippen molar-refractivity contribution in [2.45, 2.75) is 20.8 Å². The number of para-hydroxylation sites is 1. The van der Waals surface area contributed by atoms with Crippen molar-refractivity contribution in [3.63, 3.8) is 0 Å². The maximum atomic E-state index is 12.1. The molecule has 0 aliphatic heterocycles. The molecule has 0 saturated carbocycles. The van der Waals surface area contributed by atoms with Gasteiger partial charge in [0.1, 0.15) is 0 Å². The summed E-state index contributed by atoms with van der Waals surface area (Å²) in [5, 5.41) is 5.96. The first-order valence-electron chi connectivity index (χ1n) is 7.88. The first-order valence-corrected chi connectivity index (χ1v) is 7.88. The van der Waals surface area contributed by atoms with Gasteiger partial charge in [0.05, 0.1) is 18.7 Å². The Balaban J connectivity index is 1.91. The summed E-state index contributed by atoms with van der Waals surface area (Å²) in [7, 11) is 0. The maximum Gasteiger partial charge on any atom is 0.338 e. The SMILES string of the molecule is CCOC(=O)c1ccc(NCC(=O)Nc2c(C)cccc2C)cc1. The van der Waals surface area contributed by atoms with Gasteiger partial charge in [-0.25, -0.2) is 4.79 Å². The molecular formula is C19H22N2O3. The Labute approximate surface area is 142 Å². The van der Waals surface area contributed by atoms with Crippen LogP contribution in [0.3, 0.4) is 0 Å². The summed E-state index contributed by atoms with van der Waals surface area (Å²) < 4.78 is 4.93. The highest BCUT2D eigenvalue weighted by Gasteiger charge is 2.08. The molecule has 2 rings (SSSR count). The summed E-state index contributed by atoms with van der Waals surface area (Å²) in [4.78, 5) is 23.7. The molecule has 0 atom stereocenters. The highest BCUT2D eigenvalue weighted by molar-refractivity contribution is 5.95. The third kappa shape index (κ3) is 4.59. The number of nitrogens with one attached hydrogen (secondary N) is 2. The number of benzene rings is 2. The Morgan fingerprint density at radius 3 is 2.21 bits per heavy atom. The number of hydrogen-bond acceptors (Lipinski definition) is 4.